The molecule has 1 aromatic rings. The molecule has 0 amide bonds. The van der Waals surface area contributed by atoms with Crippen LogP contribution in [-0.4, -0.2) is 22.3 Å². The SMILES string of the molecule is CC1c2ccccc2C(C)(C)C/C(=N/O)C1/C=N/O. The smallest absolute Gasteiger partial charge is 0.0670 e. The van der Waals surface area contributed by atoms with Crippen molar-refractivity contribution in [1.82, 2.24) is 0 Å². The molecular formula is C15H20N2O2. The second-order valence-corrected chi connectivity index (χ2v) is 5.82. The van der Waals surface area contributed by atoms with Gasteiger partial charge in [0.25, 0.3) is 0 Å². The lowest BCUT2D eigenvalue weighted by Crippen LogP contribution is -2.25. The maximum absolute atomic E-state index is 9.29. The molecule has 1 aliphatic rings. The second kappa shape index (κ2) is 5.03. The Bertz CT molecular complexity index is 521. The summed E-state index contributed by atoms with van der Waals surface area (Å²) in [6.45, 7) is 6.35. The van der Waals surface area contributed by atoms with E-state index < -0.39 is 0 Å². The van der Waals surface area contributed by atoms with Gasteiger partial charge in [-0.1, -0.05) is 50.2 Å². The van der Waals surface area contributed by atoms with Crippen LogP contribution in [0, 0.1) is 5.92 Å². The summed E-state index contributed by atoms with van der Waals surface area (Å²) in [6.07, 6.45) is 2.10. The van der Waals surface area contributed by atoms with Gasteiger partial charge >= 0.3 is 0 Å². The van der Waals surface area contributed by atoms with Crippen LogP contribution in [0.5, 0.6) is 0 Å². The fourth-order valence-electron chi connectivity index (χ4n) is 3.05. The first-order valence-electron chi connectivity index (χ1n) is 6.49. The van der Waals surface area contributed by atoms with Crippen LogP contribution in [0.25, 0.3) is 0 Å². The lowest BCUT2D eigenvalue weighted by molar-refractivity contribution is 0.309. The minimum absolute atomic E-state index is 0.107. The van der Waals surface area contributed by atoms with E-state index in [1.54, 1.807) is 0 Å². The number of benzene rings is 1. The molecule has 1 aromatic carbocycles. The number of fused-ring (bicyclic) bond motifs is 1. The largest absolute Gasteiger partial charge is 0.411 e. The molecule has 2 atom stereocenters. The minimum atomic E-state index is -0.182. The van der Waals surface area contributed by atoms with E-state index >= 15 is 0 Å². The van der Waals surface area contributed by atoms with E-state index in [9.17, 15) is 5.21 Å². The summed E-state index contributed by atoms with van der Waals surface area (Å²) in [6, 6.07) is 8.27. The van der Waals surface area contributed by atoms with Crippen molar-refractivity contribution in [2.24, 2.45) is 16.2 Å². The van der Waals surface area contributed by atoms with Gasteiger partial charge in [0, 0.05) is 5.92 Å². The van der Waals surface area contributed by atoms with Gasteiger partial charge in [-0.25, -0.2) is 0 Å². The van der Waals surface area contributed by atoms with Crippen molar-refractivity contribution in [2.45, 2.75) is 38.5 Å². The summed E-state index contributed by atoms with van der Waals surface area (Å²) in [7, 11) is 0. The molecule has 0 spiro atoms. The van der Waals surface area contributed by atoms with Crippen LogP contribution in [0.4, 0.5) is 0 Å². The highest BCUT2D eigenvalue weighted by Gasteiger charge is 2.37. The van der Waals surface area contributed by atoms with E-state index in [0.717, 1.165) is 0 Å². The molecule has 0 fully saturated rings. The molecule has 0 radical (unpaired) electrons. The van der Waals surface area contributed by atoms with Gasteiger partial charge in [0.05, 0.1) is 11.9 Å². The Balaban J connectivity index is 2.62. The normalized spacial score (nSPS) is 28.3. The van der Waals surface area contributed by atoms with E-state index in [-0.39, 0.29) is 17.3 Å². The lowest BCUT2D eigenvalue weighted by Gasteiger charge is -2.25. The Kier molecular flexibility index (Phi) is 3.60. The number of nitrogens with zero attached hydrogens (tertiary/aromatic N) is 2. The Hall–Kier alpha value is -1.84. The van der Waals surface area contributed by atoms with Crippen molar-refractivity contribution in [1.29, 1.82) is 0 Å². The highest BCUT2D eigenvalue weighted by molar-refractivity contribution is 6.00. The predicted molar refractivity (Wildman–Crippen MR) is 75.5 cm³/mol. The third-order valence-corrected chi connectivity index (χ3v) is 4.08. The Labute approximate surface area is 113 Å². The molecule has 0 aliphatic heterocycles. The fourth-order valence-corrected chi connectivity index (χ4v) is 3.05. The van der Waals surface area contributed by atoms with Crippen molar-refractivity contribution >= 4 is 11.9 Å². The molecule has 4 nitrogen and oxygen atoms in total. The predicted octanol–water partition coefficient (Wildman–Crippen LogP) is 3.38. The van der Waals surface area contributed by atoms with Crippen LogP contribution in [0.15, 0.2) is 34.6 Å². The van der Waals surface area contributed by atoms with Crippen molar-refractivity contribution in [3.8, 4) is 0 Å². The highest BCUT2D eigenvalue weighted by Crippen LogP contribution is 2.41. The third kappa shape index (κ3) is 2.35. The van der Waals surface area contributed by atoms with E-state index in [0.29, 0.717) is 12.1 Å². The van der Waals surface area contributed by atoms with Crippen molar-refractivity contribution in [3.05, 3.63) is 35.4 Å². The van der Waals surface area contributed by atoms with Crippen molar-refractivity contribution < 1.29 is 10.4 Å². The zero-order valence-corrected chi connectivity index (χ0v) is 11.5. The molecule has 2 N–H and O–H groups in total. The van der Waals surface area contributed by atoms with E-state index in [2.05, 4.69) is 43.2 Å². The first-order chi connectivity index (χ1) is 9.01. The van der Waals surface area contributed by atoms with Gasteiger partial charge in [0.1, 0.15) is 0 Å². The molecule has 19 heavy (non-hydrogen) atoms. The molecule has 0 aromatic heterocycles. The molecule has 0 saturated heterocycles. The van der Waals surface area contributed by atoms with Gasteiger partial charge in [-0.3, -0.25) is 0 Å². The first kappa shape index (κ1) is 13.6. The van der Waals surface area contributed by atoms with E-state index in [4.69, 9.17) is 5.21 Å². The number of hydrogen-bond acceptors (Lipinski definition) is 4. The third-order valence-electron chi connectivity index (χ3n) is 4.08. The summed E-state index contributed by atoms with van der Waals surface area (Å²) in [5.41, 5.74) is 3.03. The Morgan fingerprint density at radius 1 is 1.26 bits per heavy atom. The molecule has 1 aliphatic carbocycles. The van der Waals surface area contributed by atoms with Crippen LogP contribution < -0.4 is 0 Å². The molecule has 102 valence electrons. The van der Waals surface area contributed by atoms with Gasteiger partial charge in [-0.15, -0.1) is 5.16 Å². The summed E-state index contributed by atoms with van der Waals surface area (Å²) in [4.78, 5) is 0. The monoisotopic (exact) mass is 260 g/mol. The first-order valence-corrected chi connectivity index (χ1v) is 6.49. The van der Waals surface area contributed by atoms with Gasteiger partial charge in [0.15, 0.2) is 0 Å². The van der Waals surface area contributed by atoms with Crippen LogP contribution >= 0.6 is 0 Å². The minimum Gasteiger partial charge on any atom is -0.411 e. The maximum atomic E-state index is 9.29. The van der Waals surface area contributed by atoms with Crippen molar-refractivity contribution in [3.63, 3.8) is 0 Å². The standard InChI is InChI=1S/C15H20N2O2/c1-10-11-6-4-5-7-13(11)15(2,3)8-14(17-19)12(10)9-16-18/h4-7,9-10,12,18-19H,8H2,1-3H3/b16-9+,17-14-. The number of oxime groups is 2. The van der Waals surface area contributed by atoms with Gasteiger partial charge in [-0.05, 0) is 28.9 Å². The van der Waals surface area contributed by atoms with Crippen LogP contribution in [0.1, 0.15) is 44.2 Å². The van der Waals surface area contributed by atoms with Crippen LogP contribution in [0.2, 0.25) is 0 Å². The summed E-state index contributed by atoms with van der Waals surface area (Å²) < 4.78 is 0. The van der Waals surface area contributed by atoms with Crippen LogP contribution in [-0.2, 0) is 5.41 Å². The highest BCUT2D eigenvalue weighted by atomic mass is 16.4. The number of rotatable bonds is 1. The molecule has 0 heterocycles. The molecule has 4 heteroatoms. The lowest BCUT2D eigenvalue weighted by atomic mass is 9.79. The molecule has 2 unspecified atom stereocenters. The Morgan fingerprint density at radius 2 is 1.95 bits per heavy atom. The summed E-state index contributed by atoms with van der Waals surface area (Å²) >= 11 is 0. The zero-order valence-electron chi connectivity index (χ0n) is 11.5. The van der Waals surface area contributed by atoms with Gasteiger partial charge in [-0.2, -0.15) is 0 Å². The fraction of sp³-hybridized carbons (Fsp3) is 0.467. The van der Waals surface area contributed by atoms with Gasteiger partial charge < -0.3 is 10.4 Å². The average Bonchev–Trinajstić information content (AvgIpc) is 2.48. The quantitative estimate of drug-likeness (QED) is 0.352. The second-order valence-electron chi connectivity index (χ2n) is 5.82. The van der Waals surface area contributed by atoms with Gasteiger partial charge in [0.2, 0.25) is 0 Å². The molecule has 0 saturated carbocycles. The average molecular weight is 260 g/mol. The van der Waals surface area contributed by atoms with Crippen LogP contribution in [0.3, 0.4) is 0 Å². The van der Waals surface area contributed by atoms with E-state index in [1.165, 1.54) is 17.3 Å². The summed E-state index contributed by atoms with van der Waals surface area (Å²) in [5, 5.41) is 24.7. The molecule has 2 rings (SSSR count). The maximum Gasteiger partial charge on any atom is 0.0670 e. The Morgan fingerprint density at radius 3 is 2.58 bits per heavy atom. The summed E-state index contributed by atoms with van der Waals surface area (Å²) in [5.74, 6) is -0.0716. The van der Waals surface area contributed by atoms with Crippen molar-refractivity contribution in [2.75, 3.05) is 0 Å². The molecule has 0 bridgehead atoms. The zero-order chi connectivity index (χ0) is 14.0. The topological polar surface area (TPSA) is 65.2 Å². The van der Waals surface area contributed by atoms with E-state index in [1.807, 2.05) is 12.1 Å². The number of hydrogen-bond donors (Lipinski definition) is 2. The molecular weight excluding hydrogens is 240 g/mol.